The summed E-state index contributed by atoms with van der Waals surface area (Å²) < 4.78 is 32.6. The molecule has 8 heteroatoms. The minimum Gasteiger partial charge on any atom is -0.339 e. The Bertz CT molecular complexity index is 316. The van der Waals surface area contributed by atoms with E-state index in [1.807, 2.05) is 0 Å². The quantitative estimate of drug-likeness (QED) is 0.539. The molecule has 1 amide bonds. The average Bonchev–Trinajstić information content (AvgIpc) is 2.27. The van der Waals surface area contributed by atoms with Gasteiger partial charge in [0, 0.05) is 19.5 Å². The van der Waals surface area contributed by atoms with Gasteiger partial charge in [-0.2, -0.15) is 8.42 Å². The SMILES string of the molecule is O=C1CC(Cl)CN1CCOS(=O)(=O)O. The number of nitrogens with zero attached hydrogens (tertiary/aromatic N) is 1. The molecule has 0 spiro atoms. The lowest BCUT2D eigenvalue weighted by Crippen LogP contribution is -2.29. The molecule has 1 aliphatic rings. The van der Waals surface area contributed by atoms with Crippen molar-refractivity contribution < 1.29 is 21.9 Å². The van der Waals surface area contributed by atoms with Crippen LogP contribution in [0.1, 0.15) is 6.42 Å². The van der Waals surface area contributed by atoms with Gasteiger partial charge >= 0.3 is 10.4 Å². The number of alkyl halides is 1. The highest BCUT2D eigenvalue weighted by Crippen LogP contribution is 2.15. The summed E-state index contributed by atoms with van der Waals surface area (Å²) in [6, 6.07) is 0. The molecule has 0 aliphatic carbocycles. The van der Waals surface area contributed by atoms with Crippen molar-refractivity contribution in [2.75, 3.05) is 19.7 Å². The molecule has 1 aliphatic heterocycles. The van der Waals surface area contributed by atoms with E-state index in [-0.39, 0.29) is 30.9 Å². The van der Waals surface area contributed by atoms with Crippen molar-refractivity contribution in [2.24, 2.45) is 0 Å². The fourth-order valence-corrected chi connectivity index (χ4v) is 1.78. The molecule has 6 nitrogen and oxygen atoms in total. The van der Waals surface area contributed by atoms with Gasteiger partial charge in [-0.1, -0.05) is 0 Å². The van der Waals surface area contributed by atoms with E-state index in [0.29, 0.717) is 6.54 Å². The Kier molecular flexibility index (Phi) is 3.71. The number of amides is 1. The van der Waals surface area contributed by atoms with Crippen LogP contribution < -0.4 is 0 Å². The van der Waals surface area contributed by atoms with Gasteiger partial charge in [0.1, 0.15) is 0 Å². The lowest BCUT2D eigenvalue weighted by molar-refractivity contribution is -0.128. The van der Waals surface area contributed by atoms with Gasteiger partial charge in [0.15, 0.2) is 0 Å². The molecule has 1 rings (SSSR count). The Morgan fingerprint density at radius 1 is 1.64 bits per heavy atom. The standard InChI is InChI=1S/C6H10ClNO5S/c7-5-3-6(9)8(4-5)1-2-13-14(10,11)12/h5H,1-4H2,(H,10,11,12). The number of carbonyl (C=O) groups excluding carboxylic acids is 1. The highest BCUT2D eigenvalue weighted by Gasteiger charge is 2.27. The number of carbonyl (C=O) groups is 1. The third-order valence-corrected chi connectivity index (χ3v) is 2.52. The molecule has 1 heterocycles. The Balaban J connectivity index is 2.29. The van der Waals surface area contributed by atoms with Crippen molar-refractivity contribution in [2.45, 2.75) is 11.8 Å². The van der Waals surface area contributed by atoms with E-state index in [4.69, 9.17) is 16.2 Å². The number of hydrogen-bond acceptors (Lipinski definition) is 4. The first-order chi connectivity index (χ1) is 6.38. The summed E-state index contributed by atoms with van der Waals surface area (Å²) in [6.45, 7) is 0.241. The molecule has 1 atom stereocenters. The molecule has 1 N–H and O–H groups in total. The average molecular weight is 244 g/mol. The van der Waals surface area contributed by atoms with E-state index in [9.17, 15) is 13.2 Å². The molecule has 82 valence electrons. The van der Waals surface area contributed by atoms with Crippen LogP contribution in [-0.4, -0.2) is 48.9 Å². The molecule has 1 fully saturated rings. The second-order valence-corrected chi connectivity index (χ2v) is 4.60. The third-order valence-electron chi connectivity index (χ3n) is 1.76. The Morgan fingerprint density at radius 2 is 2.29 bits per heavy atom. The predicted octanol–water partition coefficient (Wildman–Crippen LogP) is -0.354. The van der Waals surface area contributed by atoms with Gasteiger partial charge < -0.3 is 4.90 Å². The minimum atomic E-state index is -4.42. The molecule has 0 aromatic rings. The fourth-order valence-electron chi connectivity index (χ4n) is 1.19. The molecular formula is C6H10ClNO5S. The predicted molar refractivity (Wildman–Crippen MR) is 48.3 cm³/mol. The van der Waals surface area contributed by atoms with Crippen LogP contribution in [0, 0.1) is 0 Å². The molecule has 0 aromatic carbocycles. The van der Waals surface area contributed by atoms with Gasteiger partial charge in [0.25, 0.3) is 0 Å². The summed E-state index contributed by atoms with van der Waals surface area (Å²) in [5.74, 6) is -0.135. The van der Waals surface area contributed by atoms with Crippen molar-refractivity contribution in [1.29, 1.82) is 0 Å². The van der Waals surface area contributed by atoms with Crippen molar-refractivity contribution in [3.63, 3.8) is 0 Å². The summed E-state index contributed by atoms with van der Waals surface area (Å²) >= 11 is 5.70. The van der Waals surface area contributed by atoms with Crippen LogP contribution in [0.15, 0.2) is 0 Å². The Labute approximate surface area is 86.7 Å². The maximum atomic E-state index is 11.1. The lowest BCUT2D eigenvalue weighted by atomic mass is 10.4. The van der Waals surface area contributed by atoms with Crippen LogP contribution in [0.3, 0.4) is 0 Å². The van der Waals surface area contributed by atoms with Gasteiger partial charge in [-0.25, -0.2) is 4.18 Å². The zero-order valence-corrected chi connectivity index (χ0v) is 8.79. The molecule has 14 heavy (non-hydrogen) atoms. The van der Waals surface area contributed by atoms with E-state index < -0.39 is 10.4 Å². The number of halogens is 1. The molecular weight excluding hydrogens is 234 g/mol. The van der Waals surface area contributed by atoms with E-state index >= 15 is 0 Å². The Hall–Kier alpha value is -0.370. The summed E-state index contributed by atoms with van der Waals surface area (Å²) in [7, 11) is -4.42. The molecule has 0 bridgehead atoms. The number of rotatable bonds is 4. The van der Waals surface area contributed by atoms with Crippen LogP contribution in [0.2, 0.25) is 0 Å². The summed E-state index contributed by atoms with van der Waals surface area (Å²) in [4.78, 5) is 12.5. The molecule has 0 saturated carbocycles. The largest absolute Gasteiger partial charge is 0.397 e. The maximum Gasteiger partial charge on any atom is 0.397 e. The van der Waals surface area contributed by atoms with E-state index in [1.165, 1.54) is 4.90 Å². The van der Waals surface area contributed by atoms with Crippen molar-refractivity contribution in [3.05, 3.63) is 0 Å². The van der Waals surface area contributed by atoms with Gasteiger partial charge in [0.2, 0.25) is 5.91 Å². The first-order valence-corrected chi connectivity index (χ1v) is 5.72. The zero-order chi connectivity index (χ0) is 10.8. The van der Waals surface area contributed by atoms with Gasteiger partial charge in [-0.05, 0) is 0 Å². The van der Waals surface area contributed by atoms with Gasteiger partial charge in [0.05, 0.1) is 12.0 Å². The second-order valence-electron chi connectivity index (χ2n) is 2.89. The fraction of sp³-hybridized carbons (Fsp3) is 0.833. The highest BCUT2D eigenvalue weighted by atomic mass is 35.5. The van der Waals surface area contributed by atoms with Crippen LogP contribution in [0.4, 0.5) is 0 Å². The number of hydrogen-bond donors (Lipinski definition) is 1. The molecule has 0 radical (unpaired) electrons. The topological polar surface area (TPSA) is 83.9 Å². The third kappa shape index (κ3) is 3.79. The maximum absolute atomic E-state index is 11.1. The zero-order valence-electron chi connectivity index (χ0n) is 7.22. The summed E-state index contributed by atoms with van der Waals surface area (Å²) in [5, 5.41) is -0.228. The van der Waals surface area contributed by atoms with E-state index in [2.05, 4.69) is 4.18 Å². The Morgan fingerprint density at radius 3 is 2.71 bits per heavy atom. The molecule has 0 aromatic heterocycles. The normalized spacial score (nSPS) is 23.1. The second kappa shape index (κ2) is 4.43. The van der Waals surface area contributed by atoms with E-state index in [0.717, 1.165) is 0 Å². The molecule has 1 unspecified atom stereocenters. The molecule has 1 saturated heterocycles. The van der Waals surface area contributed by atoms with Gasteiger partial charge in [-0.3, -0.25) is 9.35 Å². The summed E-state index contributed by atoms with van der Waals surface area (Å²) in [6.07, 6.45) is 0.257. The van der Waals surface area contributed by atoms with Crippen LogP contribution in [-0.2, 0) is 19.4 Å². The number of likely N-dealkylation sites (tertiary alicyclic amines) is 1. The lowest BCUT2D eigenvalue weighted by Gasteiger charge is -2.14. The summed E-state index contributed by atoms with van der Waals surface area (Å²) in [5.41, 5.74) is 0. The first-order valence-electron chi connectivity index (χ1n) is 3.92. The van der Waals surface area contributed by atoms with E-state index in [1.54, 1.807) is 0 Å². The van der Waals surface area contributed by atoms with Crippen LogP contribution in [0.25, 0.3) is 0 Å². The monoisotopic (exact) mass is 243 g/mol. The first kappa shape index (κ1) is 11.7. The van der Waals surface area contributed by atoms with Crippen LogP contribution in [0.5, 0.6) is 0 Å². The van der Waals surface area contributed by atoms with Crippen molar-refractivity contribution >= 4 is 27.9 Å². The minimum absolute atomic E-state index is 0.113. The van der Waals surface area contributed by atoms with Gasteiger partial charge in [-0.15, -0.1) is 11.6 Å². The van der Waals surface area contributed by atoms with Crippen molar-refractivity contribution in [1.82, 2.24) is 4.90 Å². The van der Waals surface area contributed by atoms with Crippen molar-refractivity contribution in [3.8, 4) is 0 Å². The van der Waals surface area contributed by atoms with Crippen LogP contribution >= 0.6 is 11.6 Å². The highest BCUT2D eigenvalue weighted by molar-refractivity contribution is 7.80. The smallest absolute Gasteiger partial charge is 0.339 e.